The highest BCUT2D eigenvalue weighted by molar-refractivity contribution is 5.88. The minimum Gasteiger partial charge on any atom is -0.478 e. The van der Waals surface area contributed by atoms with E-state index in [9.17, 15) is 4.79 Å². The van der Waals surface area contributed by atoms with Gasteiger partial charge in [0, 0.05) is 12.2 Å². The van der Waals surface area contributed by atoms with E-state index in [-0.39, 0.29) is 12.2 Å². The fourth-order valence-corrected chi connectivity index (χ4v) is 1.38. The average Bonchev–Trinajstić information content (AvgIpc) is 2.85. The number of ether oxygens (including phenoxy) is 1. The molecule has 6 nitrogen and oxygen atoms in total. The largest absolute Gasteiger partial charge is 0.478 e. The van der Waals surface area contributed by atoms with Gasteiger partial charge in [0.1, 0.15) is 6.61 Å². The Balaban J connectivity index is 2.15. The second-order valence-electron chi connectivity index (χ2n) is 3.53. The summed E-state index contributed by atoms with van der Waals surface area (Å²) < 4.78 is 10.1. The lowest BCUT2D eigenvalue weighted by Crippen LogP contribution is -1.95. The van der Waals surface area contributed by atoms with Gasteiger partial charge in [0.25, 0.3) is 5.89 Å². The summed E-state index contributed by atoms with van der Waals surface area (Å²) in [6.07, 6.45) is 0. The van der Waals surface area contributed by atoms with Gasteiger partial charge in [-0.15, -0.1) is 0 Å². The number of benzene rings is 1. The SMILES string of the molecule is CCOCc1nc(-c2ccc(C(=O)O)cc2)no1. The predicted molar refractivity (Wildman–Crippen MR) is 62.0 cm³/mol. The molecule has 0 amide bonds. The van der Waals surface area contributed by atoms with Crippen molar-refractivity contribution in [2.24, 2.45) is 0 Å². The molecule has 94 valence electrons. The van der Waals surface area contributed by atoms with Crippen LogP contribution < -0.4 is 0 Å². The maximum absolute atomic E-state index is 10.7. The standard InChI is InChI=1S/C12H12N2O4/c1-2-17-7-10-13-11(14-18-10)8-3-5-9(6-4-8)12(15)16/h3-6H,2,7H2,1H3,(H,15,16). The molecular weight excluding hydrogens is 236 g/mol. The van der Waals surface area contributed by atoms with Crippen molar-refractivity contribution in [2.45, 2.75) is 13.5 Å². The van der Waals surface area contributed by atoms with Crippen LogP contribution in [-0.2, 0) is 11.3 Å². The molecule has 0 saturated carbocycles. The molecule has 0 unspecified atom stereocenters. The summed E-state index contributed by atoms with van der Waals surface area (Å²) in [7, 11) is 0. The summed E-state index contributed by atoms with van der Waals surface area (Å²) in [5.41, 5.74) is 0.920. The summed E-state index contributed by atoms with van der Waals surface area (Å²) in [4.78, 5) is 14.8. The van der Waals surface area contributed by atoms with Crippen LogP contribution in [0.2, 0.25) is 0 Å². The number of carboxylic acid groups (broad SMARTS) is 1. The fourth-order valence-electron chi connectivity index (χ4n) is 1.38. The molecule has 0 aliphatic heterocycles. The van der Waals surface area contributed by atoms with Gasteiger partial charge in [-0.1, -0.05) is 17.3 Å². The second kappa shape index (κ2) is 5.42. The number of hydrogen-bond acceptors (Lipinski definition) is 5. The first-order valence-corrected chi connectivity index (χ1v) is 5.44. The Kier molecular flexibility index (Phi) is 3.69. The van der Waals surface area contributed by atoms with E-state index in [1.165, 1.54) is 12.1 Å². The average molecular weight is 248 g/mol. The summed E-state index contributed by atoms with van der Waals surface area (Å²) in [6, 6.07) is 6.27. The van der Waals surface area contributed by atoms with Gasteiger partial charge >= 0.3 is 5.97 Å². The molecule has 0 spiro atoms. The third-order valence-electron chi connectivity index (χ3n) is 2.29. The van der Waals surface area contributed by atoms with Crippen LogP contribution in [0.1, 0.15) is 23.2 Å². The lowest BCUT2D eigenvalue weighted by Gasteiger charge is -1.96. The summed E-state index contributed by atoms with van der Waals surface area (Å²) >= 11 is 0. The van der Waals surface area contributed by atoms with Gasteiger partial charge in [0.05, 0.1) is 5.56 Å². The van der Waals surface area contributed by atoms with E-state index in [1.807, 2.05) is 6.92 Å². The minimum absolute atomic E-state index is 0.219. The highest BCUT2D eigenvalue weighted by Crippen LogP contribution is 2.16. The molecule has 0 atom stereocenters. The molecule has 0 aliphatic rings. The Bertz CT molecular complexity index is 533. The molecule has 18 heavy (non-hydrogen) atoms. The number of aromatic carboxylic acids is 1. The number of rotatable bonds is 5. The molecule has 1 aromatic carbocycles. The van der Waals surface area contributed by atoms with Gasteiger partial charge in [-0.3, -0.25) is 0 Å². The zero-order chi connectivity index (χ0) is 13.0. The lowest BCUT2D eigenvalue weighted by atomic mass is 10.1. The normalized spacial score (nSPS) is 10.5. The molecule has 2 aromatic rings. The first kappa shape index (κ1) is 12.3. The number of carbonyl (C=O) groups is 1. The van der Waals surface area contributed by atoms with Crippen molar-refractivity contribution in [3.63, 3.8) is 0 Å². The van der Waals surface area contributed by atoms with E-state index < -0.39 is 5.97 Å². The molecule has 1 N–H and O–H groups in total. The van der Waals surface area contributed by atoms with Crippen LogP contribution in [0.4, 0.5) is 0 Å². The lowest BCUT2D eigenvalue weighted by molar-refractivity contribution is 0.0697. The van der Waals surface area contributed by atoms with Gasteiger partial charge in [-0.05, 0) is 19.1 Å². The Labute approximate surface area is 103 Å². The van der Waals surface area contributed by atoms with E-state index in [2.05, 4.69) is 10.1 Å². The number of carboxylic acids is 1. The van der Waals surface area contributed by atoms with E-state index >= 15 is 0 Å². The molecule has 0 radical (unpaired) electrons. The Morgan fingerprint density at radius 3 is 2.72 bits per heavy atom. The van der Waals surface area contributed by atoms with Crippen LogP contribution in [0.15, 0.2) is 28.8 Å². The number of aromatic nitrogens is 2. The maximum Gasteiger partial charge on any atom is 0.335 e. The van der Waals surface area contributed by atoms with Crippen molar-refractivity contribution in [2.75, 3.05) is 6.61 Å². The smallest absolute Gasteiger partial charge is 0.335 e. The fraction of sp³-hybridized carbons (Fsp3) is 0.250. The van der Waals surface area contributed by atoms with Gasteiger partial charge in [-0.2, -0.15) is 4.98 Å². The van der Waals surface area contributed by atoms with E-state index in [0.29, 0.717) is 23.9 Å². The summed E-state index contributed by atoms with van der Waals surface area (Å²) in [5.74, 6) is -0.150. The first-order valence-electron chi connectivity index (χ1n) is 5.44. The quantitative estimate of drug-likeness (QED) is 0.870. The topological polar surface area (TPSA) is 85.5 Å². The maximum atomic E-state index is 10.7. The molecule has 1 aromatic heterocycles. The zero-order valence-electron chi connectivity index (χ0n) is 9.79. The van der Waals surface area contributed by atoms with Crippen LogP contribution in [0, 0.1) is 0 Å². The molecule has 1 heterocycles. The van der Waals surface area contributed by atoms with Crippen molar-refractivity contribution >= 4 is 5.97 Å². The van der Waals surface area contributed by atoms with Gasteiger partial charge in [0.15, 0.2) is 0 Å². The molecule has 2 rings (SSSR count). The third-order valence-corrected chi connectivity index (χ3v) is 2.29. The highest BCUT2D eigenvalue weighted by Gasteiger charge is 2.09. The first-order chi connectivity index (χ1) is 8.70. The van der Waals surface area contributed by atoms with Crippen LogP contribution in [0.5, 0.6) is 0 Å². The van der Waals surface area contributed by atoms with Gasteiger partial charge in [0.2, 0.25) is 5.82 Å². The highest BCUT2D eigenvalue weighted by atomic mass is 16.5. The number of nitrogens with zero attached hydrogens (tertiary/aromatic N) is 2. The van der Waals surface area contributed by atoms with Gasteiger partial charge < -0.3 is 14.4 Å². The molecule has 0 aliphatic carbocycles. The van der Waals surface area contributed by atoms with Crippen molar-refractivity contribution in [3.05, 3.63) is 35.7 Å². The molecular formula is C12H12N2O4. The van der Waals surface area contributed by atoms with E-state index in [0.717, 1.165) is 0 Å². The predicted octanol–water partition coefficient (Wildman–Crippen LogP) is 1.97. The molecule has 0 fully saturated rings. The Morgan fingerprint density at radius 2 is 2.11 bits per heavy atom. The van der Waals surface area contributed by atoms with E-state index in [4.69, 9.17) is 14.4 Å². The van der Waals surface area contributed by atoms with Crippen LogP contribution in [-0.4, -0.2) is 27.8 Å². The molecule has 0 saturated heterocycles. The zero-order valence-corrected chi connectivity index (χ0v) is 9.79. The summed E-state index contributed by atoms with van der Waals surface area (Å²) in [5, 5.41) is 12.6. The Hall–Kier alpha value is -2.21. The monoisotopic (exact) mass is 248 g/mol. The minimum atomic E-state index is -0.966. The van der Waals surface area contributed by atoms with E-state index in [1.54, 1.807) is 12.1 Å². The Morgan fingerprint density at radius 1 is 1.39 bits per heavy atom. The van der Waals surface area contributed by atoms with Crippen LogP contribution >= 0.6 is 0 Å². The van der Waals surface area contributed by atoms with Crippen LogP contribution in [0.25, 0.3) is 11.4 Å². The molecule has 0 bridgehead atoms. The van der Waals surface area contributed by atoms with Crippen LogP contribution in [0.3, 0.4) is 0 Å². The molecule has 6 heteroatoms. The van der Waals surface area contributed by atoms with Gasteiger partial charge in [-0.25, -0.2) is 4.79 Å². The van der Waals surface area contributed by atoms with Crippen molar-refractivity contribution in [1.82, 2.24) is 10.1 Å². The summed E-state index contributed by atoms with van der Waals surface area (Å²) in [6.45, 7) is 2.73. The van der Waals surface area contributed by atoms with Crippen molar-refractivity contribution in [3.8, 4) is 11.4 Å². The third kappa shape index (κ3) is 2.72. The second-order valence-corrected chi connectivity index (χ2v) is 3.53. The van der Waals surface area contributed by atoms with Crippen molar-refractivity contribution < 1.29 is 19.2 Å². The van der Waals surface area contributed by atoms with Crippen molar-refractivity contribution in [1.29, 1.82) is 0 Å². The number of hydrogen-bond donors (Lipinski definition) is 1.